The summed E-state index contributed by atoms with van der Waals surface area (Å²) in [6, 6.07) is 10.5. The highest BCUT2D eigenvalue weighted by molar-refractivity contribution is 5.67. The minimum atomic E-state index is -0.200. The quantitative estimate of drug-likeness (QED) is 0.779. The second-order valence-electron chi connectivity index (χ2n) is 5.34. The van der Waals surface area contributed by atoms with Gasteiger partial charge in [-0.05, 0) is 35.3 Å². The predicted octanol–water partition coefficient (Wildman–Crippen LogP) is 3.74. The van der Waals surface area contributed by atoms with Crippen molar-refractivity contribution in [3.63, 3.8) is 0 Å². The lowest BCUT2D eigenvalue weighted by Crippen LogP contribution is -2.25. The highest BCUT2D eigenvalue weighted by atomic mass is 16.3. The summed E-state index contributed by atoms with van der Waals surface area (Å²) in [4.78, 5) is 0. The summed E-state index contributed by atoms with van der Waals surface area (Å²) >= 11 is 0. The van der Waals surface area contributed by atoms with E-state index >= 15 is 0 Å². The Bertz CT molecular complexity index is 393. The van der Waals surface area contributed by atoms with E-state index in [1.807, 2.05) is 6.07 Å². The maximum Gasteiger partial charge on any atom is 0.0603 e. The lowest BCUT2D eigenvalue weighted by molar-refractivity contribution is 0.0848. The van der Waals surface area contributed by atoms with Gasteiger partial charge in [0.05, 0.1) is 6.10 Å². The molecule has 1 aromatic rings. The van der Waals surface area contributed by atoms with Crippen molar-refractivity contribution in [2.45, 2.75) is 33.3 Å². The van der Waals surface area contributed by atoms with Crippen molar-refractivity contribution in [2.24, 2.45) is 17.8 Å². The molecule has 0 spiro atoms. The number of hydrogen-bond donors (Lipinski definition) is 1. The third-order valence-corrected chi connectivity index (χ3v) is 4.40. The zero-order valence-corrected chi connectivity index (χ0v) is 10.9. The standard InChI is InChI=1S/C16H22O/c1-11-12(2)15(9-10-16(17)13(11)3)14-7-5-4-6-8-14/h4-9,11-13,16-17H,10H2,1-3H3/t11-,12+,13+,16+/m0/s1. The van der Waals surface area contributed by atoms with Crippen molar-refractivity contribution in [1.82, 2.24) is 0 Å². The molecule has 0 radical (unpaired) electrons. The highest BCUT2D eigenvalue weighted by Crippen LogP contribution is 2.37. The molecule has 1 N–H and O–H groups in total. The zero-order chi connectivity index (χ0) is 12.4. The normalized spacial score (nSPS) is 34.0. The average Bonchev–Trinajstić information content (AvgIpc) is 2.45. The fourth-order valence-electron chi connectivity index (χ4n) is 2.75. The fourth-order valence-corrected chi connectivity index (χ4v) is 2.75. The van der Waals surface area contributed by atoms with Crippen LogP contribution in [0.15, 0.2) is 36.4 Å². The van der Waals surface area contributed by atoms with E-state index in [0.29, 0.717) is 17.8 Å². The molecule has 17 heavy (non-hydrogen) atoms. The van der Waals surface area contributed by atoms with E-state index in [0.717, 1.165) is 6.42 Å². The van der Waals surface area contributed by atoms with Gasteiger partial charge in [-0.15, -0.1) is 0 Å². The molecule has 1 aliphatic rings. The monoisotopic (exact) mass is 230 g/mol. The molecule has 0 fully saturated rings. The van der Waals surface area contributed by atoms with Gasteiger partial charge in [0.2, 0.25) is 0 Å². The van der Waals surface area contributed by atoms with E-state index in [2.05, 4.69) is 51.1 Å². The molecular formula is C16H22O. The molecule has 0 saturated carbocycles. The SMILES string of the molecule is C[C@@H]1[C@@H](C)[C@@H](C)C(c2ccccc2)=CC[C@H]1O. The van der Waals surface area contributed by atoms with Gasteiger partial charge in [0.1, 0.15) is 0 Å². The van der Waals surface area contributed by atoms with Gasteiger partial charge in [-0.1, -0.05) is 57.2 Å². The van der Waals surface area contributed by atoms with Crippen LogP contribution in [0.25, 0.3) is 5.57 Å². The molecule has 0 unspecified atom stereocenters. The Morgan fingerprint density at radius 3 is 2.29 bits per heavy atom. The first-order chi connectivity index (χ1) is 8.11. The van der Waals surface area contributed by atoms with Crippen LogP contribution in [-0.2, 0) is 0 Å². The molecule has 0 bridgehead atoms. The first kappa shape index (κ1) is 12.4. The van der Waals surface area contributed by atoms with E-state index in [1.165, 1.54) is 11.1 Å². The van der Waals surface area contributed by atoms with E-state index in [1.54, 1.807) is 0 Å². The van der Waals surface area contributed by atoms with Crippen LogP contribution in [0.4, 0.5) is 0 Å². The van der Waals surface area contributed by atoms with Crippen molar-refractivity contribution in [3.05, 3.63) is 42.0 Å². The van der Waals surface area contributed by atoms with Gasteiger partial charge >= 0.3 is 0 Å². The van der Waals surface area contributed by atoms with Crippen molar-refractivity contribution < 1.29 is 5.11 Å². The lowest BCUT2D eigenvalue weighted by atomic mass is 9.79. The van der Waals surface area contributed by atoms with Gasteiger partial charge in [0, 0.05) is 0 Å². The summed E-state index contributed by atoms with van der Waals surface area (Å²) < 4.78 is 0. The highest BCUT2D eigenvalue weighted by Gasteiger charge is 2.29. The van der Waals surface area contributed by atoms with Gasteiger partial charge < -0.3 is 5.11 Å². The Balaban J connectivity index is 2.34. The Labute approximate surface area is 104 Å². The van der Waals surface area contributed by atoms with Crippen molar-refractivity contribution in [2.75, 3.05) is 0 Å². The molecule has 1 nitrogen and oxygen atoms in total. The third kappa shape index (κ3) is 2.44. The molecule has 1 aromatic carbocycles. The van der Waals surface area contributed by atoms with Crippen LogP contribution in [0.5, 0.6) is 0 Å². The van der Waals surface area contributed by atoms with E-state index in [-0.39, 0.29) is 6.10 Å². The number of benzene rings is 1. The smallest absolute Gasteiger partial charge is 0.0603 e. The van der Waals surface area contributed by atoms with Crippen LogP contribution in [0, 0.1) is 17.8 Å². The summed E-state index contributed by atoms with van der Waals surface area (Å²) in [7, 11) is 0. The molecule has 0 saturated heterocycles. The second kappa shape index (κ2) is 5.05. The Hall–Kier alpha value is -1.08. The molecule has 0 aliphatic heterocycles. The van der Waals surface area contributed by atoms with Crippen LogP contribution in [0.1, 0.15) is 32.8 Å². The minimum absolute atomic E-state index is 0.200. The summed E-state index contributed by atoms with van der Waals surface area (Å²) in [6.07, 6.45) is 2.80. The Morgan fingerprint density at radius 2 is 1.65 bits per heavy atom. The predicted molar refractivity (Wildman–Crippen MR) is 72.5 cm³/mol. The van der Waals surface area contributed by atoms with Crippen molar-refractivity contribution >= 4 is 5.57 Å². The molecular weight excluding hydrogens is 208 g/mol. The molecule has 0 aromatic heterocycles. The second-order valence-corrected chi connectivity index (χ2v) is 5.34. The maximum absolute atomic E-state index is 10.1. The number of aliphatic hydroxyl groups is 1. The van der Waals surface area contributed by atoms with E-state index in [9.17, 15) is 5.11 Å². The molecule has 92 valence electrons. The number of hydrogen-bond acceptors (Lipinski definition) is 1. The largest absolute Gasteiger partial charge is 0.393 e. The molecule has 0 heterocycles. The molecule has 1 heteroatoms. The van der Waals surface area contributed by atoms with Crippen LogP contribution in [0.2, 0.25) is 0 Å². The topological polar surface area (TPSA) is 20.2 Å². The van der Waals surface area contributed by atoms with Gasteiger partial charge in [0.15, 0.2) is 0 Å². The zero-order valence-electron chi connectivity index (χ0n) is 10.9. The number of rotatable bonds is 1. The Morgan fingerprint density at radius 1 is 1.00 bits per heavy atom. The van der Waals surface area contributed by atoms with Gasteiger partial charge in [-0.2, -0.15) is 0 Å². The van der Waals surface area contributed by atoms with Gasteiger partial charge in [-0.25, -0.2) is 0 Å². The molecule has 0 amide bonds. The number of allylic oxidation sites excluding steroid dienone is 1. The maximum atomic E-state index is 10.1. The molecule has 4 atom stereocenters. The van der Waals surface area contributed by atoms with Crippen molar-refractivity contribution in [1.29, 1.82) is 0 Å². The number of aliphatic hydroxyl groups excluding tert-OH is 1. The Kier molecular flexibility index (Phi) is 3.68. The first-order valence-electron chi connectivity index (χ1n) is 6.54. The summed E-state index contributed by atoms with van der Waals surface area (Å²) in [5.74, 6) is 1.38. The minimum Gasteiger partial charge on any atom is -0.393 e. The fraction of sp³-hybridized carbons (Fsp3) is 0.500. The van der Waals surface area contributed by atoms with Crippen LogP contribution in [-0.4, -0.2) is 11.2 Å². The summed E-state index contributed by atoms with van der Waals surface area (Å²) in [5.41, 5.74) is 2.69. The van der Waals surface area contributed by atoms with E-state index < -0.39 is 0 Å². The first-order valence-corrected chi connectivity index (χ1v) is 6.54. The molecule has 1 aliphatic carbocycles. The van der Waals surface area contributed by atoms with Crippen LogP contribution in [0.3, 0.4) is 0 Å². The van der Waals surface area contributed by atoms with E-state index in [4.69, 9.17) is 0 Å². The van der Waals surface area contributed by atoms with Crippen LogP contribution >= 0.6 is 0 Å². The summed E-state index contributed by atoms with van der Waals surface area (Å²) in [5, 5.41) is 10.1. The average molecular weight is 230 g/mol. The van der Waals surface area contributed by atoms with Gasteiger partial charge in [-0.3, -0.25) is 0 Å². The van der Waals surface area contributed by atoms with Crippen molar-refractivity contribution in [3.8, 4) is 0 Å². The van der Waals surface area contributed by atoms with Gasteiger partial charge in [0.25, 0.3) is 0 Å². The lowest BCUT2D eigenvalue weighted by Gasteiger charge is -2.27. The summed E-state index contributed by atoms with van der Waals surface area (Å²) in [6.45, 7) is 6.69. The van der Waals surface area contributed by atoms with Crippen LogP contribution < -0.4 is 0 Å². The molecule has 2 rings (SSSR count). The third-order valence-electron chi connectivity index (χ3n) is 4.40.